The van der Waals surface area contributed by atoms with Gasteiger partial charge >= 0.3 is 0 Å². The quantitative estimate of drug-likeness (QED) is 0.712. The summed E-state index contributed by atoms with van der Waals surface area (Å²) < 4.78 is 1.79. The smallest absolute Gasteiger partial charge is 0.242 e. The predicted octanol–water partition coefficient (Wildman–Crippen LogP) is 2.39. The summed E-state index contributed by atoms with van der Waals surface area (Å²) in [5, 5.41) is 13.7. The zero-order valence-electron chi connectivity index (χ0n) is 15.4. The van der Waals surface area contributed by atoms with Crippen LogP contribution in [0.1, 0.15) is 35.4 Å². The van der Waals surface area contributed by atoms with Gasteiger partial charge in [0.15, 0.2) is 0 Å². The Morgan fingerprint density at radius 3 is 2.52 bits per heavy atom. The van der Waals surface area contributed by atoms with Crippen LogP contribution in [0.4, 0.5) is 0 Å². The van der Waals surface area contributed by atoms with Crippen LogP contribution in [0, 0.1) is 25.2 Å². The summed E-state index contributed by atoms with van der Waals surface area (Å²) in [5.74, 6) is -0.578. The van der Waals surface area contributed by atoms with Gasteiger partial charge in [0, 0.05) is 17.1 Å². The normalized spacial score (nSPS) is 10.3. The number of nitrogens with zero attached hydrogens (tertiary/aromatic N) is 3. The zero-order chi connectivity index (χ0) is 19.8. The molecule has 0 saturated heterocycles. The number of benzene rings is 1. The minimum Gasteiger partial charge on any atom is -0.273 e. The highest BCUT2D eigenvalue weighted by atomic mass is 35.5. The average Bonchev–Trinajstić information content (AvgIpc) is 2.91. The number of amides is 2. The van der Waals surface area contributed by atoms with Crippen molar-refractivity contribution in [2.75, 3.05) is 0 Å². The SMILES string of the molecule is Cc1nn(CCC#N)c(C)c1CCC(=O)NNC(=O)Cc1ccc(Cl)cc1. The molecular formula is C19H22ClN5O2. The van der Waals surface area contributed by atoms with Crippen molar-refractivity contribution in [2.45, 2.75) is 46.1 Å². The minimum atomic E-state index is -0.303. The summed E-state index contributed by atoms with van der Waals surface area (Å²) in [4.78, 5) is 23.9. The molecule has 2 rings (SSSR count). The Morgan fingerprint density at radius 1 is 1.19 bits per heavy atom. The molecule has 2 N–H and O–H groups in total. The van der Waals surface area contributed by atoms with Gasteiger partial charge in [-0.15, -0.1) is 0 Å². The van der Waals surface area contributed by atoms with E-state index < -0.39 is 0 Å². The number of halogens is 1. The van der Waals surface area contributed by atoms with Crippen molar-refractivity contribution in [3.8, 4) is 6.07 Å². The lowest BCUT2D eigenvalue weighted by Crippen LogP contribution is -2.42. The minimum absolute atomic E-state index is 0.154. The molecule has 1 heterocycles. The maximum Gasteiger partial charge on any atom is 0.242 e. The van der Waals surface area contributed by atoms with Crippen LogP contribution < -0.4 is 10.9 Å². The van der Waals surface area contributed by atoms with Gasteiger partial charge in [-0.1, -0.05) is 23.7 Å². The lowest BCUT2D eigenvalue weighted by atomic mass is 10.1. The van der Waals surface area contributed by atoms with Gasteiger partial charge in [0.25, 0.3) is 0 Å². The summed E-state index contributed by atoms with van der Waals surface area (Å²) in [7, 11) is 0. The monoisotopic (exact) mass is 387 g/mol. The van der Waals surface area contributed by atoms with Gasteiger partial charge in [-0.25, -0.2) is 0 Å². The predicted molar refractivity (Wildman–Crippen MR) is 102 cm³/mol. The van der Waals surface area contributed by atoms with E-state index in [1.807, 2.05) is 13.8 Å². The second-order valence-corrected chi connectivity index (χ2v) is 6.62. The fraction of sp³-hybridized carbons (Fsp3) is 0.368. The third-order valence-electron chi connectivity index (χ3n) is 4.19. The maximum absolute atomic E-state index is 12.0. The molecule has 7 nitrogen and oxygen atoms in total. The van der Waals surface area contributed by atoms with E-state index in [1.54, 1.807) is 28.9 Å². The topological polar surface area (TPSA) is 99.8 Å². The number of rotatable bonds is 7. The van der Waals surface area contributed by atoms with Gasteiger partial charge in [0.1, 0.15) is 0 Å². The van der Waals surface area contributed by atoms with Crippen LogP contribution in [0.25, 0.3) is 0 Å². The Balaban J connectivity index is 1.79. The first-order valence-corrected chi connectivity index (χ1v) is 9.00. The van der Waals surface area contributed by atoms with Gasteiger partial charge < -0.3 is 0 Å². The van der Waals surface area contributed by atoms with Crippen LogP contribution in [0.3, 0.4) is 0 Å². The summed E-state index contributed by atoms with van der Waals surface area (Å²) in [6, 6.07) is 9.05. The Bertz CT molecular complexity index is 852. The van der Waals surface area contributed by atoms with Crippen LogP contribution in [0.2, 0.25) is 5.02 Å². The second-order valence-electron chi connectivity index (χ2n) is 6.18. The van der Waals surface area contributed by atoms with Gasteiger partial charge in [0.05, 0.1) is 31.1 Å². The van der Waals surface area contributed by atoms with Crippen LogP contribution in [0.15, 0.2) is 24.3 Å². The molecule has 0 aliphatic heterocycles. The van der Waals surface area contributed by atoms with Gasteiger partial charge in [-0.3, -0.25) is 25.1 Å². The number of nitriles is 1. The van der Waals surface area contributed by atoms with E-state index in [4.69, 9.17) is 16.9 Å². The Labute approximate surface area is 163 Å². The zero-order valence-corrected chi connectivity index (χ0v) is 16.1. The van der Waals surface area contributed by atoms with Crippen molar-refractivity contribution in [3.05, 3.63) is 51.8 Å². The first-order chi connectivity index (χ1) is 12.9. The van der Waals surface area contributed by atoms with Gasteiger partial charge in [0.2, 0.25) is 11.8 Å². The lowest BCUT2D eigenvalue weighted by molar-refractivity contribution is -0.128. The molecule has 8 heteroatoms. The van der Waals surface area contributed by atoms with Gasteiger partial charge in [-0.2, -0.15) is 10.4 Å². The number of carbonyl (C=O) groups excluding carboxylic acids is 2. The molecule has 2 aromatic rings. The lowest BCUT2D eigenvalue weighted by Gasteiger charge is -2.08. The Morgan fingerprint density at radius 2 is 1.85 bits per heavy atom. The fourth-order valence-electron chi connectivity index (χ4n) is 2.74. The fourth-order valence-corrected chi connectivity index (χ4v) is 2.87. The van der Waals surface area contributed by atoms with Crippen molar-refractivity contribution < 1.29 is 9.59 Å². The first-order valence-electron chi connectivity index (χ1n) is 8.62. The number of hydrazine groups is 1. The number of aromatic nitrogens is 2. The van der Waals surface area contributed by atoms with Crippen LogP contribution in [0.5, 0.6) is 0 Å². The molecule has 0 aliphatic carbocycles. The summed E-state index contributed by atoms with van der Waals surface area (Å²) in [5.41, 5.74) is 8.46. The van der Waals surface area contributed by atoms with Gasteiger partial charge in [-0.05, 0) is 43.5 Å². The number of hydrogen-bond acceptors (Lipinski definition) is 4. The molecule has 2 amide bonds. The van der Waals surface area contributed by atoms with Crippen LogP contribution in [-0.2, 0) is 29.0 Å². The third kappa shape index (κ3) is 6.12. The van der Waals surface area contributed by atoms with Crippen molar-refractivity contribution in [2.24, 2.45) is 0 Å². The van der Waals surface area contributed by atoms with E-state index in [2.05, 4.69) is 22.0 Å². The molecule has 0 unspecified atom stereocenters. The van der Waals surface area contributed by atoms with Crippen molar-refractivity contribution in [1.82, 2.24) is 20.6 Å². The Kier molecular flexibility index (Phi) is 7.38. The molecule has 0 radical (unpaired) electrons. The molecule has 0 aliphatic rings. The van der Waals surface area contributed by atoms with E-state index in [0.29, 0.717) is 24.4 Å². The van der Waals surface area contributed by atoms with Crippen molar-refractivity contribution in [1.29, 1.82) is 5.26 Å². The highest BCUT2D eigenvalue weighted by molar-refractivity contribution is 6.30. The summed E-state index contributed by atoms with van der Waals surface area (Å²) in [6.45, 7) is 4.35. The Hall–Kier alpha value is -2.85. The molecule has 27 heavy (non-hydrogen) atoms. The van der Waals surface area contributed by atoms with Crippen LogP contribution in [-0.4, -0.2) is 21.6 Å². The molecule has 142 valence electrons. The number of carbonyl (C=O) groups is 2. The molecule has 1 aromatic carbocycles. The highest BCUT2D eigenvalue weighted by Crippen LogP contribution is 2.15. The maximum atomic E-state index is 12.0. The first kappa shape index (κ1) is 20.5. The number of hydrogen-bond donors (Lipinski definition) is 2. The third-order valence-corrected chi connectivity index (χ3v) is 4.44. The van der Waals surface area contributed by atoms with Crippen molar-refractivity contribution >= 4 is 23.4 Å². The molecular weight excluding hydrogens is 366 g/mol. The van der Waals surface area contributed by atoms with E-state index in [9.17, 15) is 9.59 Å². The summed E-state index contributed by atoms with van der Waals surface area (Å²) >= 11 is 5.81. The average molecular weight is 388 g/mol. The van der Waals surface area contributed by atoms with Crippen LogP contribution >= 0.6 is 11.6 Å². The highest BCUT2D eigenvalue weighted by Gasteiger charge is 2.13. The van der Waals surface area contributed by atoms with Crippen molar-refractivity contribution in [3.63, 3.8) is 0 Å². The molecule has 0 spiro atoms. The van der Waals surface area contributed by atoms with E-state index in [0.717, 1.165) is 22.5 Å². The largest absolute Gasteiger partial charge is 0.273 e. The molecule has 0 bridgehead atoms. The summed E-state index contributed by atoms with van der Waals surface area (Å²) in [6.07, 6.45) is 1.29. The molecule has 0 atom stereocenters. The standard InChI is InChI=1S/C19H22ClN5O2/c1-13-17(14(2)25(24-13)11-3-10-21)8-9-18(26)22-23-19(27)12-15-4-6-16(20)7-5-15/h4-7H,3,8-9,11-12H2,1-2H3,(H,22,26)(H,23,27). The van der Waals surface area contributed by atoms with E-state index >= 15 is 0 Å². The molecule has 1 aromatic heterocycles. The number of nitrogens with one attached hydrogen (secondary N) is 2. The van der Waals surface area contributed by atoms with E-state index in [-0.39, 0.29) is 24.7 Å². The number of aryl methyl sites for hydroxylation is 2. The molecule has 0 fully saturated rings. The second kappa shape index (κ2) is 9.74. The van der Waals surface area contributed by atoms with E-state index in [1.165, 1.54) is 0 Å². The molecule has 0 saturated carbocycles.